The lowest BCUT2D eigenvalue weighted by Crippen LogP contribution is -2.06. The minimum absolute atomic E-state index is 0.754. The van der Waals surface area contributed by atoms with E-state index < -0.39 is 0 Å². The molecule has 0 aliphatic heterocycles. The van der Waals surface area contributed by atoms with E-state index in [1.807, 2.05) is 6.07 Å². The van der Waals surface area contributed by atoms with Crippen LogP contribution >= 0.6 is 0 Å². The van der Waals surface area contributed by atoms with Gasteiger partial charge in [0.1, 0.15) is 5.82 Å². The third-order valence-corrected chi connectivity index (χ3v) is 4.43. The van der Waals surface area contributed by atoms with E-state index in [-0.39, 0.29) is 0 Å². The minimum Gasteiger partial charge on any atom is -0.378 e. The molecule has 106 valence electrons. The van der Waals surface area contributed by atoms with Crippen LogP contribution in [0.3, 0.4) is 0 Å². The van der Waals surface area contributed by atoms with E-state index in [2.05, 4.69) is 53.3 Å². The lowest BCUT2D eigenvalue weighted by atomic mass is 10.1. The van der Waals surface area contributed by atoms with Crippen LogP contribution in [0.15, 0.2) is 42.5 Å². The first-order valence-electron chi connectivity index (χ1n) is 7.57. The van der Waals surface area contributed by atoms with E-state index in [0.29, 0.717) is 0 Å². The highest BCUT2D eigenvalue weighted by molar-refractivity contribution is 5.75. The Balaban J connectivity index is 1.57. The Bertz CT molecular complexity index is 801. The largest absolute Gasteiger partial charge is 0.378 e. The third kappa shape index (κ3) is 2.19. The van der Waals surface area contributed by atoms with Crippen molar-refractivity contribution in [3.05, 3.63) is 59.4 Å². The van der Waals surface area contributed by atoms with Crippen LogP contribution < -0.4 is 5.32 Å². The molecule has 3 nitrogen and oxygen atoms in total. The van der Waals surface area contributed by atoms with E-state index >= 15 is 0 Å². The van der Waals surface area contributed by atoms with Crippen molar-refractivity contribution in [3.8, 4) is 0 Å². The molecule has 3 aromatic rings. The van der Waals surface area contributed by atoms with Gasteiger partial charge in [0, 0.05) is 12.7 Å². The summed E-state index contributed by atoms with van der Waals surface area (Å²) in [5.41, 5.74) is 6.46. The number of aryl methyl sites for hydroxylation is 3. The van der Waals surface area contributed by atoms with Gasteiger partial charge in [-0.1, -0.05) is 18.2 Å². The maximum atomic E-state index is 4.70. The summed E-state index contributed by atoms with van der Waals surface area (Å²) in [6.07, 6.45) is 3.75. The van der Waals surface area contributed by atoms with E-state index in [1.165, 1.54) is 41.6 Å². The lowest BCUT2D eigenvalue weighted by Gasteiger charge is -2.08. The van der Waals surface area contributed by atoms with Crippen LogP contribution in [0.25, 0.3) is 11.0 Å². The van der Waals surface area contributed by atoms with Gasteiger partial charge in [0.2, 0.25) is 0 Å². The van der Waals surface area contributed by atoms with Crippen molar-refractivity contribution in [2.75, 3.05) is 5.32 Å². The highest BCUT2D eigenvalue weighted by Gasteiger charge is 2.11. The molecule has 0 atom stereocenters. The second-order valence-electron chi connectivity index (χ2n) is 5.77. The zero-order chi connectivity index (χ0) is 14.2. The van der Waals surface area contributed by atoms with Crippen molar-refractivity contribution >= 4 is 16.7 Å². The van der Waals surface area contributed by atoms with Gasteiger partial charge < -0.3 is 9.88 Å². The topological polar surface area (TPSA) is 29.9 Å². The number of fused-ring (bicyclic) bond motifs is 2. The average molecular weight is 277 g/mol. The monoisotopic (exact) mass is 277 g/mol. The Labute approximate surface area is 124 Å². The Morgan fingerprint density at radius 2 is 1.95 bits per heavy atom. The first-order chi connectivity index (χ1) is 10.3. The summed E-state index contributed by atoms with van der Waals surface area (Å²) in [7, 11) is 2.08. The molecule has 0 spiro atoms. The van der Waals surface area contributed by atoms with Crippen LogP contribution in [0.4, 0.5) is 5.69 Å². The van der Waals surface area contributed by atoms with Crippen molar-refractivity contribution in [2.24, 2.45) is 7.05 Å². The van der Waals surface area contributed by atoms with Crippen molar-refractivity contribution < 1.29 is 0 Å². The normalized spacial score (nSPS) is 13.6. The number of nitrogens with zero attached hydrogens (tertiary/aromatic N) is 2. The van der Waals surface area contributed by atoms with Crippen molar-refractivity contribution in [1.82, 2.24) is 9.55 Å². The van der Waals surface area contributed by atoms with Gasteiger partial charge >= 0.3 is 0 Å². The fraction of sp³-hybridized carbons (Fsp3) is 0.278. The summed E-state index contributed by atoms with van der Waals surface area (Å²) in [4.78, 5) is 4.70. The molecule has 0 saturated carbocycles. The fourth-order valence-corrected chi connectivity index (χ4v) is 3.22. The first-order valence-corrected chi connectivity index (χ1v) is 7.57. The quantitative estimate of drug-likeness (QED) is 0.791. The molecule has 1 aromatic heterocycles. The van der Waals surface area contributed by atoms with Crippen LogP contribution in [-0.4, -0.2) is 9.55 Å². The number of benzene rings is 2. The number of aromatic nitrogens is 2. The Morgan fingerprint density at radius 3 is 2.86 bits per heavy atom. The Hall–Kier alpha value is -2.29. The molecule has 1 aliphatic carbocycles. The zero-order valence-electron chi connectivity index (χ0n) is 12.3. The molecule has 1 aliphatic rings. The molecule has 21 heavy (non-hydrogen) atoms. The maximum Gasteiger partial charge on any atom is 0.128 e. The van der Waals surface area contributed by atoms with E-state index in [0.717, 1.165) is 17.9 Å². The van der Waals surface area contributed by atoms with Crippen LogP contribution in [0.2, 0.25) is 0 Å². The molecule has 0 bridgehead atoms. The molecule has 1 N–H and O–H groups in total. The standard InChI is InChI=1S/C18H19N3/c1-21-17-8-3-2-7-16(17)20-18(21)12-19-15-10-9-13-5-4-6-14(13)11-15/h2-3,7-11,19H,4-6,12H2,1H3. The predicted octanol–water partition coefficient (Wildman–Crippen LogP) is 3.67. The van der Waals surface area contributed by atoms with Crippen molar-refractivity contribution in [3.63, 3.8) is 0 Å². The van der Waals surface area contributed by atoms with Gasteiger partial charge in [-0.15, -0.1) is 0 Å². The van der Waals surface area contributed by atoms with Crippen molar-refractivity contribution in [1.29, 1.82) is 0 Å². The van der Waals surface area contributed by atoms with Crippen LogP contribution in [0.5, 0.6) is 0 Å². The highest BCUT2D eigenvalue weighted by atomic mass is 15.1. The van der Waals surface area contributed by atoms with Gasteiger partial charge in [-0.2, -0.15) is 0 Å². The maximum absolute atomic E-state index is 4.70. The summed E-state index contributed by atoms with van der Waals surface area (Å²) in [5, 5.41) is 3.51. The number of nitrogens with one attached hydrogen (secondary N) is 1. The number of rotatable bonds is 3. The lowest BCUT2D eigenvalue weighted by molar-refractivity contribution is 0.834. The number of imidazole rings is 1. The smallest absolute Gasteiger partial charge is 0.128 e. The summed E-state index contributed by atoms with van der Waals surface area (Å²) >= 11 is 0. The molecular weight excluding hydrogens is 258 g/mol. The molecule has 2 aromatic carbocycles. The second kappa shape index (κ2) is 4.92. The SMILES string of the molecule is Cn1c(CNc2ccc3c(c2)CCC3)nc2ccccc21. The molecule has 1 heterocycles. The van der Waals surface area contributed by atoms with Gasteiger partial charge in [-0.25, -0.2) is 4.98 Å². The highest BCUT2D eigenvalue weighted by Crippen LogP contribution is 2.25. The molecular formula is C18H19N3. The summed E-state index contributed by atoms with van der Waals surface area (Å²) < 4.78 is 2.16. The van der Waals surface area contributed by atoms with Gasteiger partial charge in [0.25, 0.3) is 0 Å². The molecule has 0 saturated heterocycles. The van der Waals surface area contributed by atoms with E-state index in [9.17, 15) is 0 Å². The third-order valence-electron chi connectivity index (χ3n) is 4.43. The van der Waals surface area contributed by atoms with E-state index in [1.54, 1.807) is 0 Å². The van der Waals surface area contributed by atoms with Crippen LogP contribution in [0.1, 0.15) is 23.4 Å². The second-order valence-corrected chi connectivity index (χ2v) is 5.77. The molecule has 4 rings (SSSR count). The number of hydrogen-bond acceptors (Lipinski definition) is 2. The summed E-state index contributed by atoms with van der Waals surface area (Å²) in [6.45, 7) is 0.754. The molecule has 0 amide bonds. The van der Waals surface area contributed by atoms with Gasteiger partial charge in [0.15, 0.2) is 0 Å². The summed E-state index contributed by atoms with van der Waals surface area (Å²) in [5.74, 6) is 1.07. The molecule has 0 unspecified atom stereocenters. The first kappa shape index (κ1) is 12.5. The molecule has 0 fully saturated rings. The van der Waals surface area contributed by atoms with Crippen LogP contribution in [-0.2, 0) is 26.4 Å². The number of anilines is 1. The average Bonchev–Trinajstić information content (AvgIpc) is 3.10. The van der Waals surface area contributed by atoms with Crippen LogP contribution in [0, 0.1) is 0 Å². The van der Waals surface area contributed by atoms with Crippen molar-refractivity contribution in [2.45, 2.75) is 25.8 Å². The fourth-order valence-electron chi connectivity index (χ4n) is 3.22. The van der Waals surface area contributed by atoms with Gasteiger partial charge in [-0.05, 0) is 54.7 Å². The van der Waals surface area contributed by atoms with Gasteiger partial charge in [0.05, 0.1) is 17.6 Å². The van der Waals surface area contributed by atoms with E-state index in [4.69, 9.17) is 4.98 Å². The summed E-state index contributed by atoms with van der Waals surface area (Å²) in [6, 6.07) is 15.0. The molecule has 3 heteroatoms. The number of hydrogen-bond donors (Lipinski definition) is 1. The zero-order valence-corrected chi connectivity index (χ0v) is 12.3. The Morgan fingerprint density at radius 1 is 1.10 bits per heavy atom. The van der Waals surface area contributed by atoms with Gasteiger partial charge in [-0.3, -0.25) is 0 Å². The molecule has 0 radical (unpaired) electrons. The predicted molar refractivity (Wildman–Crippen MR) is 86.5 cm³/mol. The Kier molecular flexibility index (Phi) is 2.92. The minimum atomic E-state index is 0.754. The number of para-hydroxylation sites is 2.